The van der Waals surface area contributed by atoms with E-state index in [1.807, 2.05) is 29.2 Å². The first kappa shape index (κ1) is 17.9. The van der Waals surface area contributed by atoms with Gasteiger partial charge in [-0.2, -0.15) is 0 Å². The fourth-order valence-corrected chi connectivity index (χ4v) is 2.46. The Morgan fingerprint density at radius 1 is 1.12 bits per heavy atom. The molecule has 128 valence electrons. The Labute approximate surface area is 144 Å². The number of carbonyl (C=O) groups is 1. The molecule has 2 aromatic carbocycles. The molecule has 1 N–H and O–H groups in total. The lowest BCUT2D eigenvalue weighted by Gasteiger charge is -2.23. The smallest absolute Gasteiger partial charge is 0.322 e. The molecule has 0 spiro atoms. The number of methoxy groups -OCH3 is 1. The number of benzene rings is 2. The molecule has 2 rings (SSSR count). The van der Waals surface area contributed by atoms with Crippen LogP contribution in [-0.4, -0.2) is 24.6 Å². The van der Waals surface area contributed by atoms with E-state index in [0.717, 1.165) is 24.9 Å². The molecule has 0 aliphatic heterocycles. The minimum absolute atomic E-state index is 0.103. The molecule has 0 aliphatic carbocycles. The SMILES string of the molecule is CCCCN(Cc1ccc(C)cc1)C(=O)Nc1ccccc1OC. The van der Waals surface area contributed by atoms with Crippen LogP contribution in [-0.2, 0) is 6.54 Å². The van der Waals surface area contributed by atoms with Crippen molar-refractivity contribution in [2.24, 2.45) is 0 Å². The van der Waals surface area contributed by atoms with E-state index in [-0.39, 0.29) is 6.03 Å². The fraction of sp³-hybridized carbons (Fsp3) is 0.350. The first-order chi connectivity index (χ1) is 11.6. The normalized spacial score (nSPS) is 10.3. The van der Waals surface area contributed by atoms with Gasteiger partial charge in [0.15, 0.2) is 0 Å². The largest absolute Gasteiger partial charge is 0.495 e. The molecule has 0 aliphatic rings. The third-order valence-corrected chi connectivity index (χ3v) is 3.91. The number of anilines is 1. The number of carbonyl (C=O) groups excluding carboxylic acids is 1. The minimum atomic E-state index is -0.103. The number of hydrogen-bond acceptors (Lipinski definition) is 2. The van der Waals surface area contributed by atoms with E-state index in [0.29, 0.717) is 18.0 Å². The fourth-order valence-electron chi connectivity index (χ4n) is 2.46. The van der Waals surface area contributed by atoms with Crippen LogP contribution >= 0.6 is 0 Å². The van der Waals surface area contributed by atoms with Crippen molar-refractivity contribution < 1.29 is 9.53 Å². The van der Waals surface area contributed by atoms with Crippen LogP contribution in [0.1, 0.15) is 30.9 Å². The van der Waals surface area contributed by atoms with Crippen LogP contribution < -0.4 is 10.1 Å². The summed E-state index contributed by atoms with van der Waals surface area (Å²) in [6.45, 7) is 5.52. The first-order valence-corrected chi connectivity index (χ1v) is 8.38. The van der Waals surface area contributed by atoms with Crippen molar-refractivity contribution in [3.63, 3.8) is 0 Å². The molecule has 0 saturated carbocycles. The second-order valence-corrected chi connectivity index (χ2v) is 5.89. The predicted molar refractivity (Wildman–Crippen MR) is 98.5 cm³/mol. The first-order valence-electron chi connectivity index (χ1n) is 8.38. The number of unbranched alkanes of at least 4 members (excludes halogenated alkanes) is 1. The maximum Gasteiger partial charge on any atom is 0.322 e. The Bertz CT molecular complexity index is 653. The third-order valence-electron chi connectivity index (χ3n) is 3.91. The van der Waals surface area contributed by atoms with Gasteiger partial charge in [-0.25, -0.2) is 4.79 Å². The highest BCUT2D eigenvalue weighted by atomic mass is 16.5. The van der Waals surface area contributed by atoms with Gasteiger partial charge in [0.2, 0.25) is 0 Å². The highest BCUT2D eigenvalue weighted by molar-refractivity contribution is 5.91. The molecule has 0 saturated heterocycles. The van der Waals surface area contributed by atoms with Crippen LogP contribution in [0.4, 0.5) is 10.5 Å². The Kier molecular flexibility index (Phi) is 6.67. The highest BCUT2D eigenvalue weighted by Gasteiger charge is 2.15. The van der Waals surface area contributed by atoms with E-state index in [4.69, 9.17) is 4.74 Å². The minimum Gasteiger partial charge on any atom is -0.495 e. The predicted octanol–water partition coefficient (Wildman–Crippen LogP) is 4.84. The summed E-state index contributed by atoms with van der Waals surface area (Å²) in [5.74, 6) is 0.664. The lowest BCUT2D eigenvalue weighted by atomic mass is 10.1. The van der Waals surface area contributed by atoms with Gasteiger partial charge in [0.1, 0.15) is 5.75 Å². The quantitative estimate of drug-likeness (QED) is 0.791. The second-order valence-electron chi connectivity index (χ2n) is 5.89. The van der Waals surface area contributed by atoms with Gasteiger partial charge < -0.3 is 15.0 Å². The molecule has 0 atom stereocenters. The standard InChI is InChI=1S/C20H26N2O2/c1-4-5-14-22(15-17-12-10-16(2)11-13-17)20(23)21-18-8-6-7-9-19(18)24-3/h6-13H,4-5,14-15H2,1-3H3,(H,21,23). The Balaban J connectivity index is 2.10. The van der Waals surface area contributed by atoms with Gasteiger partial charge in [0, 0.05) is 13.1 Å². The van der Waals surface area contributed by atoms with Gasteiger partial charge >= 0.3 is 6.03 Å². The number of ether oxygens (including phenoxy) is 1. The van der Waals surface area contributed by atoms with Crippen LogP contribution in [0.3, 0.4) is 0 Å². The third kappa shape index (κ3) is 5.01. The van der Waals surface area contributed by atoms with Crippen molar-refractivity contribution in [1.82, 2.24) is 4.90 Å². The maximum atomic E-state index is 12.7. The molecular formula is C20H26N2O2. The number of hydrogen-bond donors (Lipinski definition) is 1. The van der Waals surface area contributed by atoms with Crippen molar-refractivity contribution in [3.05, 3.63) is 59.7 Å². The zero-order valence-electron chi connectivity index (χ0n) is 14.7. The summed E-state index contributed by atoms with van der Waals surface area (Å²) in [5, 5.41) is 2.96. The van der Waals surface area contributed by atoms with E-state index in [1.54, 1.807) is 7.11 Å². The van der Waals surface area contributed by atoms with Gasteiger partial charge in [-0.15, -0.1) is 0 Å². The van der Waals surface area contributed by atoms with Crippen LogP contribution in [0.15, 0.2) is 48.5 Å². The summed E-state index contributed by atoms with van der Waals surface area (Å²) in [4.78, 5) is 14.6. The van der Waals surface area contributed by atoms with Gasteiger partial charge in [-0.1, -0.05) is 55.3 Å². The van der Waals surface area contributed by atoms with Crippen LogP contribution in [0, 0.1) is 6.92 Å². The van der Waals surface area contributed by atoms with Gasteiger partial charge in [0.05, 0.1) is 12.8 Å². The summed E-state index contributed by atoms with van der Waals surface area (Å²) < 4.78 is 5.31. The zero-order valence-corrected chi connectivity index (χ0v) is 14.7. The molecule has 0 radical (unpaired) electrons. The number of nitrogens with zero attached hydrogens (tertiary/aromatic N) is 1. The van der Waals surface area contributed by atoms with Crippen molar-refractivity contribution in [2.45, 2.75) is 33.2 Å². The van der Waals surface area contributed by atoms with Crippen molar-refractivity contribution in [3.8, 4) is 5.75 Å². The molecule has 0 unspecified atom stereocenters. The number of para-hydroxylation sites is 2. The number of aryl methyl sites for hydroxylation is 1. The summed E-state index contributed by atoms with van der Waals surface area (Å²) in [5.41, 5.74) is 3.04. The summed E-state index contributed by atoms with van der Waals surface area (Å²) in [6.07, 6.45) is 2.03. The lowest BCUT2D eigenvalue weighted by Crippen LogP contribution is -2.35. The topological polar surface area (TPSA) is 41.6 Å². The van der Waals surface area contributed by atoms with Crippen LogP contribution in [0.5, 0.6) is 5.75 Å². The van der Waals surface area contributed by atoms with Crippen molar-refractivity contribution in [2.75, 3.05) is 19.0 Å². The van der Waals surface area contributed by atoms with Crippen LogP contribution in [0.25, 0.3) is 0 Å². The number of urea groups is 1. The van der Waals surface area contributed by atoms with Gasteiger partial charge in [0.25, 0.3) is 0 Å². The summed E-state index contributed by atoms with van der Waals surface area (Å²) in [6, 6.07) is 15.6. The summed E-state index contributed by atoms with van der Waals surface area (Å²) in [7, 11) is 1.60. The van der Waals surface area contributed by atoms with E-state index >= 15 is 0 Å². The van der Waals surface area contributed by atoms with Crippen LogP contribution in [0.2, 0.25) is 0 Å². The van der Waals surface area contributed by atoms with Gasteiger partial charge in [-0.05, 0) is 31.0 Å². The average molecular weight is 326 g/mol. The molecule has 0 heterocycles. The molecule has 24 heavy (non-hydrogen) atoms. The average Bonchev–Trinajstić information content (AvgIpc) is 2.60. The lowest BCUT2D eigenvalue weighted by molar-refractivity contribution is 0.208. The number of amides is 2. The molecule has 4 heteroatoms. The molecule has 2 amide bonds. The number of rotatable bonds is 7. The van der Waals surface area contributed by atoms with Crippen molar-refractivity contribution in [1.29, 1.82) is 0 Å². The Morgan fingerprint density at radius 3 is 2.50 bits per heavy atom. The number of nitrogens with one attached hydrogen (secondary N) is 1. The summed E-state index contributed by atoms with van der Waals surface area (Å²) >= 11 is 0. The molecule has 4 nitrogen and oxygen atoms in total. The molecular weight excluding hydrogens is 300 g/mol. The molecule has 2 aromatic rings. The van der Waals surface area contributed by atoms with Crippen molar-refractivity contribution >= 4 is 11.7 Å². The highest BCUT2D eigenvalue weighted by Crippen LogP contribution is 2.23. The van der Waals surface area contributed by atoms with E-state index in [2.05, 4.69) is 43.4 Å². The van der Waals surface area contributed by atoms with E-state index in [9.17, 15) is 4.79 Å². The zero-order chi connectivity index (χ0) is 17.4. The van der Waals surface area contributed by atoms with E-state index < -0.39 is 0 Å². The Hall–Kier alpha value is -2.49. The Morgan fingerprint density at radius 2 is 1.83 bits per heavy atom. The second kappa shape index (κ2) is 8.96. The van der Waals surface area contributed by atoms with E-state index in [1.165, 1.54) is 5.56 Å². The van der Waals surface area contributed by atoms with Gasteiger partial charge in [-0.3, -0.25) is 0 Å². The molecule has 0 bridgehead atoms. The molecule has 0 aromatic heterocycles. The maximum absolute atomic E-state index is 12.7. The monoisotopic (exact) mass is 326 g/mol. The molecule has 0 fully saturated rings.